The number of furan rings is 1. The lowest BCUT2D eigenvalue weighted by molar-refractivity contribution is 0.101. The Morgan fingerprint density at radius 3 is 2.72 bits per heavy atom. The number of rotatable bonds is 6. The lowest BCUT2D eigenvalue weighted by atomic mass is 10.1. The summed E-state index contributed by atoms with van der Waals surface area (Å²) in [6.07, 6.45) is 4.85. The molecular formula is C25H21FN4O2. The fourth-order valence-corrected chi connectivity index (χ4v) is 3.72. The zero-order chi connectivity index (χ0) is 22.1. The minimum atomic E-state index is -0.287. The molecule has 1 N–H and O–H groups in total. The molecule has 2 aromatic carbocycles. The molecular weight excluding hydrogens is 407 g/mol. The van der Waals surface area contributed by atoms with E-state index in [1.165, 1.54) is 11.6 Å². The second kappa shape index (κ2) is 8.19. The summed E-state index contributed by atoms with van der Waals surface area (Å²) < 4.78 is 23.0. The van der Waals surface area contributed by atoms with Crippen LogP contribution in [0.15, 0.2) is 83.7 Å². The first-order valence-electron chi connectivity index (χ1n) is 10.3. The van der Waals surface area contributed by atoms with E-state index in [9.17, 15) is 9.18 Å². The Kier molecular flexibility index (Phi) is 5.07. The van der Waals surface area contributed by atoms with Gasteiger partial charge in [-0.15, -0.1) is 0 Å². The van der Waals surface area contributed by atoms with Gasteiger partial charge in [-0.05, 0) is 18.6 Å². The molecule has 6 nitrogen and oxygen atoms in total. The molecule has 0 aliphatic rings. The van der Waals surface area contributed by atoms with E-state index in [1.807, 2.05) is 17.6 Å². The van der Waals surface area contributed by atoms with Gasteiger partial charge in [-0.3, -0.25) is 9.48 Å². The van der Waals surface area contributed by atoms with Gasteiger partial charge in [0, 0.05) is 30.4 Å². The average Bonchev–Trinajstić information content (AvgIpc) is 3.49. The number of carbonyl (C=O) groups excluding carboxylic acids is 1. The van der Waals surface area contributed by atoms with Crippen molar-refractivity contribution in [2.75, 3.05) is 5.32 Å². The largest absolute Gasteiger partial charge is 0.463 e. The molecule has 0 bridgehead atoms. The number of carbonyl (C=O) groups is 1. The number of aromatic nitrogens is 3. The predicted octanol–water partition coefficient (Wildman–Crippen LogP) is 5.23. The smallest absolute Gasteiger partial charge is 0.272 e. The zero-order valence-electron chi connectivity index (χ0n) is 17.5. The van der Waals surface area contributed by atoms with Crippen molar-refractivity contribution in [2.24, 2.45) is 0 Å². The van der Waals surface area contributed by atoms with Gasteiger partial charge < -0.3 is 14.3 Å². The van der Waals surface area contributed by atoms with Gasteiger partial charge in [-0.2, -0.15) is 5.10 Å². The van der Waals surface area contributed by atoms with Gasteiger partial charge in [-0.25, -0.2) is 4.39 Å². The molecule has 0 radical (unpaired) electrons. The van der Waals surface area contributed by atoms with E-state index >= 15 is 0 Å². The summed E-state index contributed by atoms with van der Waals surface area (Å²) in [6, 6.07) is 18.4. The van der Waals surface area contributed by atoms with Crippen LogP contribution in [-0.2, 0) is 13.1 Å². The van der Waals surface area contributed by atoms with E-state index in [0.29, 0.717) is 29.1 Å². The fraction of sp³-hybridized carbons (Fsp3) is 0.120. The minimum absolute atomic E-state index is 0.269. The Morgan fingerprint density at radius 2 is 1.91 bits per heavy atom. The van der Waals surface area contributed by atoms with Crippen molar-refractivity contribution < 1.29 is 13.6 Å². The molecule has 5 aromatic rings. The van der Waals surface area contributed by atoms with E-state index in [0.717, 1.165) is 11.1 Å². The Hall–Kier alpha value is -4.13. The normalized spacial score (nSPS) is 11.2. The third kappa shape index (κ3) is 3.92. The maximum atomic E-state index is 13.9. The van der Waals surface area contributed by atoms with Crippen molar-refractivity contribution in [3.63, 3.8) is 0 Å². The SMILES string of the molecule is Cc1ccc(Cn2c(C(=O)Nc3cnn(Cc4ccccc4F)c3)cc3occc32)cc1. The molecule has 3 heterocycles. The number of nitrogens with one attached hydrogen (secondary N) is 1. The standard InChI is InChI=1S/C25H21FN4O2/c1-17-6-8-18(9-7-17)14-30-22-10-11-32-24(22)12-23(30)25(31)28-20-13-27-29(16-20)15-19-4-2-3-5-21(19)26/h2-13,16H,14-15H2,1H3,(H,28,31). The van der Waals surface area contributed by atoms with Crippen molar-refractivity contribution in [1.82, 2.24) is 14.3 Å². The number of amides is 1. The van der Waals surface area contributed by atoms with Crippen LogP contribution in [0.5, 0.6) is 0 Å². The highest BCUT2D eigenvalue weighted by atomic mass is 19.1. The van der Waals surface area contributed by atoms with E-state index in [2.05, 4.69) is 34.7 Å². The molecule has 0 spiro atoms. The predicted molar refractivity (Wildman–Crippen MR) is 120 cm³/mol. The molecule has 0 aliphatic heterocycles. The lowest BCUT2D eigenvalue weighted by Crippen LogP contribution is -2.17. The van der Waals surface area contributed by atoms with Crippen molar-refractivity contribution in [2.45, 2.75) is 20.0 Å². The van der Waals surface area contributed by atoms with Crippen LogP contribution in [0.1, 0.15) is 27.2 Å². The van der Waals surface area contributed by atoms with Crippen LogP contribution in [0.2, 0.25) is 0 Å². The van der Waals surface area contributed by atoms with Crippen molar-refractivity contribution in [1.29, 1.82) is 0 Å². The first kappa shape index (κ1) is 19.8. The van der Waals surface area contributed by atoms with Crippen LogP contribution in [0.25, 0.3) is 11.1 Å². The Balaban J connectivity index is 1.37. The van der Waals surface area contributed by atoms with Crippen molar-refractivity contribution in [3.8, 4) is 0 Å². The van der Waals surface area contributed by atoms with E-state index in [1.54, 1.807) is 47.6 Å². The number of anilines is 1. The lowest BCUT2D eigenvalue weighted by Gasteiger charge is -2.10. The van der Waals surface area contributed by atoms with Gasteiger partial charge in [0.15, 0.2) is 5.58 Å². The molecule has 7 heteroatoms. The number of hydrogen-bond acceptors (Lipinski definition) is 3. The summed E-state index contributed by atoms with van der Waals surface area (Å²) >= 11 is 0. The summed E-state index contributed by atoms with van der Waals surface area (Å²) in [4.78, 5) is 13.1. The summed E-state index contributed by atoms with van der Waals surface area (Å²) in [7, 11) is 0. The highest BCUT2D eigenvalue weighted by molar-refractivity contribution is 6.05. The molecule has 0 atom stereocenters. The third-order valence-electron chi connectivity index (χ3n) is 5.40. The van der Waals surface area contributed by atoms with Crippen LogP contribution in [0.3, 0.4) is 0 Å². The molecule has 32 heavy (non-hydrogen) atoms. The molecule has 1 amide bonds. The first-order chi connectivity index (χ1) is 15.6. The molecule has 0 saturated carbocycles. The quantitative estimate of drug-likeness (QED) is 0.403. The van der Waals surface area contributed by atoms with Gasteiger partial charge in [0.25, 0.3) is 5.91 Å². The third-order valence-corrected chi connectivity index (χ3v) is 5.40. The number of aryl methyl sites for hydroxylation is 1. The summed E-state index contributed by atoms with van der Waals surface area (Å²) in [5.41, 5.74) is 5.32. The second-order valence-electron chi connectivity index (χ2n) is 7.74. The molecule has 0 saturated heterocycles. The summed E-state index contributed by atoms with van der Waals surface area (Å²) in [5, 5.41) is 7.13. The average molecular weight is 428 g/mol. The molecule has 160 valence electrons. The van der Waals surface area contributed by atoms with Gasteiger partial charge in [0.2, 0.25) is 0 Å². The molecule has 0 unspecified atom stereocenters. The van der Waals surface area contributed by atoms with Crippen LogP contribution in [-0.4, -0.2) is 20.3 Å². The Labute approximate surface area is 183 Å². The van der Waals surface area contributed by atoms with E-state index in [-0.39, 0.29) is 18.3 Å². The monoisotopic (exact) mass is 428 g/mol. The van der Waals surface area contributed by atoms with Gasteiger partial charge in [0.1, 0.15) is 11.5 Å². The molecule has 3 aromatic heterocycles. The van der Waals surface area contributed by atoms with Gasteiger partial charge >= 0.3 is 0 Å². The maximum Gasteiger partial charge on any atom is 0.272 e. The van der Waals surface area contributed by atoms with Gasteiger partial charge in [-0.1, -0.05) is 48.0 Å². The minimum Gasteiger partial charge on any atom is -0.463 e. The van der Waals surface area contributed by atoms with E-state index < -0.39 is 0 Å². The summed E-state index contributed by atoms with van der Waals surface area (Å²) in [5.74, 6) is -0.556. The number of halogens is 1. The zero-order valence-corrected chi connectivity index (χ0v) is 17.5. The summed E-state index contributed by atoms with van der Waals surface area (Å²) in [6.45, 7) is 2.86. The van der Waals surface area contributed by atoms with Crippen molar-refractivity contribution in [3.05, 3.63) is 108 Å². The van der Waals surface area contributed by atoms with Crippen LogP contribution < -0.4 is 5.32 Å². The topological polar surface area (TPSA) is 65.0 Å². The number of benzene rings is 2. The molecule has 0 fully saturated rings. The maximum absolute atomic E-state index is 13.9. The van der Waals surface area contributed by atoms with Crippen LogP contribution in [0, 0.1) is 12.7 Å². The van der Waals surface area contributed by atoms with E-state index in [4.69, 9.17) is 4.42 Å². The number of hydrogen-bond donors (Lipinski definition) is 1. The van der Waals surface area contributed by atoms with Crippen molar-refractivity contribution >= 4 is 22.7 Å². The second-order valence-corrected chi connectivity index (χ2v) is 7.74. The van der Waals surface area contributed by atoms with Crippen LogP contribution >= 0.6 is 0 Å². The van der Waals surface area contributed by atoms with Gasteiger partial charge in [0.05, 0.1) is 30.2 Å². The number of fused-ring (bicyclic) bond motifs is 1. The molecule has 5 rings (SSSR count). The Morgan fingerprint density at radius 1 is 1.09 bits per heavy atom. The highest BCUT2D eigenvalue weighted by Gasteiger charge is 2.18. The highest BCUT2D eigenvalue weighted by Crippen LogP contribution is 2.24. The van der Waals surface area contributed by atoms with Crippen LogP contribution in [0.4, 0.5) is 10.1 Å². The number of nitrogens with zero attached hydrogens (tertiary/aromatic N) is 3. The first-order valence-corrected chi connectivity index (χ1v) is 10.3. The molecule has 0 aliphatic carbocycles. The Bertz CT molecular complexity index is 1400. The fourth-order valence-electron chi connectivity index (χ4n) is 3.72.